The fraction of sp³-hybridized carbons (Fsp3) is 0.647. The van der Waals surface area contributed by atoms with Gasteiger partial charge in [0.25, 0.3) is 5.56 Å². The number of unbranched alkanes of at least 4 members (excludes halogenated alkanes) is 1. The van der Waals surface area contributed by atoms with Gasteiger partial charge in [0.15, 0.2) is 5.96 Å². The van der Waals surface area contributed by atoms with Crippen LogP contribution < -0.4 is 16.2 Å². The highest BCUT2D eigenvalue weighted by Gasteiger charge is 2.33. The summed E-state index contributed by atoms with van der Waals surface area (Å²) in [5, 5.41) is 6.74. The monoisotopic (exact) mass is 432 g/mol. The van der Waals surface area contributed by atoms with Crippen molar-refractivity contribution in [1.29, 1.82) is 0 Å². The summed E-state index contributed by atoms with van der Waals surface area (Å²) < 4.78 is 1.83. The third-order valence-electron chi connectivity index (χ3n) is 4.10. The lowest BCUT2D eigenvalue weighted by Crippen LogP contribution is -2.39. The van der Waals surface area contributed by atoms with E-state index in [1.807, 2.05) is 23.6 Å². The van der Waals surface area contributed by atoms with Crippen LogP contribution in [0.5, 0.6) is 0 Å². The fourth-order valence-corrected chi connectivity index (χ4v) is 2.50. The number of hydrogen-bond acceptors (Lipinski definition) is 2. The molecular formula is C17H29IN4O. The lowest BCUT2D eigenvalue weighted by Gasteiger charge is -2.11. The van der Waals surface area contributed by atoms with Gasteiger partial charge in [0, 0.05) is 37.4 Å². The first kappa shape index (κ1) is 20.0. The molecular weight excluding hydrogens is 403 g/mol. The molecule has 1 heterocycles. The van der Waals surface area contributed by atoms with Crippen molar-refractivity contribution in [2.24, 2.45) is 10.9 Å². The Morgan fingerprint density at radius 3 is 2.74 bits per heavy atom. The van der Waals surface area contributed by atoms with Gasteiger partial charge in [0.1, 0.15) is 0 Å². The second-order valence-corrected chi connectivity index (χ2v) is 6.09. The summed E-state index contributed by atoms with van der Waals surface area (Å²) in [6, 6.07) is 5.99. The molecule has 2 unspecified atom stereocenters. The molecule has 0 radical (unpaired) electrons. The van der Waals surface area contributed by atoms with Crippen LogP contribution in [0.3, 0.4) is 0 Å². The van der Waals surface area contributed by atoms with Gasteiger partial charge in [-0.15, -0.1) is 24.0 Å². The minimum absolute atomic E-state index is 0. The maximum absolute atomic E-state index is 11.8. The summed E-state index contributed by atoms with van der Waals surface area (Å²) in [6.45, 7) is 8.75. The molecule has 1 aliphatic carbocycles. The van der Waals surface area contributed by atoms with Crippen molar-refractivity contribution in [3.05, 3.63) is 34.2 Å². The third-order valence-corrected chi connectivity index (χ3v) is 4.10. The van der Waals surface area contributed by atoms with Crippen molar-refractivity contribution >= 4 is 29.9 Å². The van der Waals surface area contributed by atoms with Crippen LogP contribution in [0, 0.1) is 12.8 Å². The first-order valence-corrected chi connectivity index (χ1v) is 8.33. The van der Waals surface area contributed by atoms with E-state index in [0.717, 1.165) is 50.0 Å². The van der Waals surface area contributed by atoms with Crippen molar-refractivity contribution < 1.29 is 0 Å². The van der Waals surface area contributed by atoms with Crippen LogP contribution in [0.2, 0.25) is 0 Å². The Morgan fingerprint density at radius 1 is 1.39 bits per heavy atom. The van der Waals surface area contributed by atoms with Gasteiger partial charge in [-0.05, 0) is 45.1 Å². The molecule has 2 N–H and O–H groups in total. The van der Waals surface area contributed by atoms with Crippen molar-refractivity contribution in [3.8, 4) is 0 Å². The van der Waals surface area contributed by atoms with Crippen LogP contribution >= 0.6 is 24.0 Å². The first-order valence-electron chi connectivity index (χ1n) is 8.33. The SMILES string of the molecule is CCNC(=NCCCCn1c(C)cccc1=O)NC1CC1C.I. The van der Waals surface area contributed by atoms with Gasteiger partial charge in [-0.3, -0.25) is 9.79 Å². The normalized spacial score (nSPS) is 19.9. The highest BCUT2D eigenvalue weighted by Crippen LogP contribution is 2.28. The van der Waals surface area contributed by atoms with Gasteiger partial charge in [-0.25, -0.2) is 0 Å². The Bertz CT molecular complexity index is 570. The maximum atomic E-state index is 11.8. The summed E-state index contributed by atoms with van der Waals surface area (Å²) in [5.41, 5.74) is 1.11. The Morgan fingerprint density at radius 2 is 2.13 bits per heavy atom. The van der Waals surface area contributed by atoms with E-state index in [1.165, 1.54) is 6.42 Å². The molecule has 1 aromatic heterocycles. The number of hydrogen-bond donors (Lipinski definition) is 2. The molecule has 0 aromatic carbocycles. The predicted octanol–water partition coefficient (Wildman–Crippen LogP) is 2.52. The van der Waals surface area contributed by atoms with Gasteiger partial charge in [0.05, 0.1) is 0 Å². The number of guanidine groups is 1. The molecule has 0 spiro atoms. The lowest BCUT2D eigenvalue weighted by molar-refractivity contribution is 0.585. The molecule has 0 saturated heterocycles. The standard InChI is InChI=1S/C17H28N4O.HI/c1-4-18-17(20-15-12-13(15)2)19-10-5-6-11-21-14(3)8-7-9-16(21)22;/h7-9,13,15H,4-6,10-12H2,1-3H3,(H2,18,19,20);1H. The average Bonchev–Trinajstić information content (AvgIpc) is 3.16. The predicted molar refractivity (Wildman–Crippen MR) is 107 cm³/mol. The first-order chi connectivity index (χ1) is 10.6. The molecule has 0 bridgehead atoms. The number of aryl methyl sites for hydroxylation is 1. The summed E-state index contributed by atoms with van der Waals surface area (Å²) in [5.74, 6) is 1.68. The van der Waals surface area contributed by atoms with Crippen LogP contribution in [0.25, 0.3) is 0 Å². The molecule has 0 aliphatic heterocycles. The molecule has 0 amide bonds. The third kappa shape index (κ3) is 6.53. The molecule has 2 atom stereocenters. The number of aliphatic imine (C=N–C) groups is 1. The second kappa shape index (κ2) is 9.95. The molecule has 23 heavy (non-hydrogen) atoms. The Balaban J connectivity index is 0.00000264. The van der Waals surface area contributed by atoms with E-state index in [4.69, 9.17) is 0 Å². The maximum Gasteiger partial charge on any atom is 0.250 e. The summed E-state index contributed by atoms with van der Waals surface area (Å²) in [4.78, 5) is 16.4. The number of halogens is 1. The van der Waals surface area contributed by atoms with E-state index in [1.54, 1.807) is 6.07 Å². The summed E-state index contributed by atoms with van der Waals surface area (Å²) in [7, 11) is 0. The Kier molecular flexibility index (Phi) is 8.65. The molecule has 130 valence electrons. The number of pyridine rings is 1. The quantitative estimate of drug-likeness (QED) is 0.301. The zero-order chi connectivity index (χ0) is 15.9. The Labute approximate surface area is 156 Å². The zero-order valence-electron chi connectivity index (χ0n) is 14.3. The molecule has 5 nitrogen and oxygen atoms in total. The average molecular weight is 432 g/mol. The van der Waals surface area contributed by atoms with Crippen molar-refractivity contribution in [1.82, 2.24) is 15.2 Å². The van der Waals surface area contributed by atoms with E-state index < -0.39 is 0 Å². The van der Waals surface area contributed by atoms with Crippen molar-refractivity contribution in [2.45, 2.75) is 52.6 Å². The zero-order valence-corrected chi connectivity index (χ0v) is 16.7. The van der Waals surface area contributed by atoms with Crippen LogP contribution in [-0.4, -0.2) is 29.7 Å². The molecule has 1 fully saturated rings. The summed E-state index contributed by atoms with van der Waals surface area (Å²) in [6.07, 6.45) is 3.19. The van der Waals surface area contributed by atoms with E-state index in [-0.39, 0.29) is 29.5 Å². The molecule has 6 heteroatoms. The van der Waals surface area contributed by atoms with E-state index in [0.29, 0.717) is 6.04 Å². The largest absolute Gasteiger partial charge is 0.357 e. The van der Waals surface area contributed by atoms with Crippen LogP contribution in [0.15, 0.2) is 28.0 Å². The van der Waals surface area contributed by atoms with Crippen LogP contribution in [0.4, 0.5) is 0 Å². The number of nitrogens with zero attached hydrogens (tertiary/aromatic N) is 2. The highest BCUT2D eigenvalue weighted by atomic mass is 127. The highest BCUT2D eigenvalue weighted by molar-refractivity contribution is 14.0. The van der Waals surface area contributed by atoms with Crippen LogP contribution in [0.1, 0.15) is 38.8 Å². The van der Waals surface area contributed by atoms with Gasteiger partial charge in [-0.1, -0.05) is 13.0 Å². The van der Waals surface area contributed by atoms with Gasteiger partial charge >= 0.3 is 0 Å². The minimum atomic E-state index is 0. The van der Waals surface area contributed by atoms with Crippen molar-refractivity contribution in [2.75, 3.05) is 13.1 Å². The fourth-order valence-electron chi connectivity index (χ4n) is 2.50. The van der Waals surface area contributed by atoms with Gasteiger partial charge in [-0.2, -0.15) is 0 Å². The number of aromatic nitrogens is 1. The van der Waals surface area contributed by atoms with E-state index in [9.17, 15) is 4.79 Å². The minimum Gasteiger partial charge on any atom is -0.357 e. The molecule has 1 aliphatic rings. The van der Waals surface area contributed by atoms with Gasteiger partial charge < -0.3 is 15.2 Å². The van der Waals surface area contributed by atoms with Crippen LogP contribution in [-0.2, 0) is 6.54 Å². The lowest BCUT2D eigenvalue weighted by atomic mass is 10.3. The molecule has 1 aromatic rings. The van der Waals surface area contributed by atoms with Crippen molar-refractivity contribution in [3.63, 3.8) is 0 Å². The number of rotatable bonds is 7. The second-order valence-electron chi connectivity index (χ2n) is 6.09. The molecule has 2 rings (SSSR count). The smallest absolute Gasteiger partial charge is 0.250 e. The topological polar surface area (TPSA) is 58.4 Å². The number of nitrogens with one attached hydrogen (secondary N) is 2. The Hall–Kier alpha value is -1.05. The van der Waals surface area contributed by atoms with E-state index >= 15 is 0 Å². The van der Waals surface area contributed by atoms with E-state index in [2.05, 4.69) is 29.5 Å². The van der Waals surface area contributed by atoms with Gasteiger partial charge in [0.2, 0.25) is 0 Å². The molecule has 1 saturated carbocycles. The summed E-state index contributed by atoms with van der Waals surface area (Å²) >= 11 is 0.